The molecule has 168 valence electrons. The lowest BCUT2D eigenvalue weighted by molar-refractivity contribution is -0.113. The van der Waals surface area contributed by atoms with Crippen LogP contribution in [0.25, 0.3) is 0 Å². The SMILES string of the molecule is Cc1cc2c(o1)CC(C)(C)CC2NC(=O)c1cccc(NC(=O)CSc2nncn2C)c1. The minimum atomic E-state index is -0.179. The monoisotopic (exact) mass is 453 g/mol. The second-order valence-electron chi connectivity index (χ2n) is 8.95. The van der Waals surface area contributed by atoms with Gasteiger partial charge in [-0.05, 0) is 43.0 Å². The molecule has 0 spiro atoms. The quantitative estimate of drug-likeness (QED) is 0.549. The van der Waals surface area contributed by atoms with E-state index in [1.54, 1.807) is 35.2 Å². The molecule has 1 unspecified atom stereocenters. The van der Waals surface area contributed by atoms with E-state index in [2.05, 4.69) is 34.7 Å². The molecule has 32 heavy (non-hydrogen) atoms. The fourth-order valence-electron chi connectivity index (χ4n) is 4.02. The van der Waals surface area contributed by atoms with Gasteiger partial charge in [0.15, 0.2) is 5.16 Å². The van der Waals surface area contributed by atoms with E-state index in [0.717, 1.165) is 29.9 Å². The molecule has 0 bridgehead atoms. The highest BCUT2D eigenvalue weighted by Gasteiger charge is 2.35. The highest BCUT2D eigenvalue weighted by Crippen LogP contribution is 2.42. The number of furan rings is 1. The third-order valence-electron chi connectivity index (χ3n) is 5.45. The number of carbonyl (C=O) groups is 2. The number of amides is 2. The summed E-state index contributed by atoms with van der Waals surface area (Å²) in [7, 11) is 1.82. The van der Waals surface area contributed by atoms with Crippen molar-refractivity contribution in [3.63, 3.8) is 0 Å². The number of nitrogens with zero attached hydrogens (tertiary/aromatic N) is 3. The minimum absolute atomic E-state index is 0.0332. The van der Waals surface area contributed by atoms with Gasteiger partial charge in [-0.15, -0.1) is 10.2 Å². The Morgan fingerprint density at radius 3 is 2.88 bits per heavy atom. The van der Waals surface area contributed by atoms with E-state index in [1.807, 2.05) is 20.0 Å². The molecule has 3 aromatic rings. The van der Waals surface area contributed by atoms with Crippen molar-refractivity contribution in [2.45, 2.75) is 44.8 Å². The summed E-state index contributed by atoms with van der Waals surface area (Å²) >= 11 is 1.30. The Morgan fingerprint density at radius 1 is 1.31 bits per heavy atom. The predicted molar refractivity (Wildman–Crippen MR) is 123 cm³/mol. The zero-order valence-electron chi connectivity index (χ0n) is 18.6. The zero-order valence-corrected chi connectivity index (χ0v) is 19.5. The Hall–Kier alpha value is -3.07. The number of benzene rings is 1. The van der Waals surface area contributed by atoms with Gasteiger partial charge in [0.05, 0.1) is 11.8 Å². The smallest absolute Gasteiger partial charge is 0.251 e. The van der Waals surface area contributed by atoms with Gasteiger partial charge in [-0.25, -0.2) is 0 Å². The average Bonchev–Trinajstić information content (AvgIpc) is 3.30. The standard InChI is InChI=1S/C23H27N5O3S/c1-14-8-17-18(10-23(2,3)11-19(17)31-14)26-21(30)15-6-5-7-16(9-15)25-20(29)12-32-22-27-24-13-28(22)4/h5-9,13,18H,10-12H2,1-4H3,(H,25,29)(H,26,30). The molecule has 1 aliphatic rings. The summed E-state index contributed by atoms with van der Waals surface area (Å²) in [6.07, 6.45) is 3.28. The third kappa shape index (κ3) is 5.04. The number of nitrogens with one attached hydrogen (secondary N) is 2. The van der Waals surface area contributed by atoms with Crippen molar-refractivity contribution < 1.29 is 14.0 Å². The minimum Gasteiger partial charge on any atom is -0.466 e. The molecule has 0 saturated heterocycles. The Balaban J connectivity index is 1.41. The van der Waals surface area contributed by atoms with Crippen molar-refractivity contribution in [2.24, 2.45) is 12.5 Å². The molecule has 2 amide bonds. The number of rotatable bonds is 6. The molecule has 1 atom stereocenters. The lowest BCUT2D eigenvalue weighted by Gasteiger charge is -2.34. The van der Waals surface area contributed by atoms with Crippen LogP contribution < -0.4 is 10.6 Å². The largest absolute Gasteiger partial charge is 0.466 e. The van der Waals surface area contributed by atoms with Crippen molar-refractivity contribution in [2.75, 3.05) is 11.1 Å². The molecule has 1 aromatic carbocycles. The molecule has 2 N–H and O–H groups in total. The molecule has 8 nitrogen and oxygen atoms in total. The van der Waals surface area contributed by atoms with E-state index >= 15 is 0 Å². The average molecular weight is 454 g/mol. The first-order chi connectivity index (χ1) is 15.2. The molecule has 4 rings (SSSR count). The van der Waals surface area contributed by atoms with Gasteiger partial charge >= 0.3 is 0 Å². The summed E-state index contributed by atoms with van der Waals surface area (Å²) in [5.74, 6) is 1.65. The number of aromatic nitrogens is 3. The first-order valence-electron chi connectivity index (χ1n) is 10.5. The van der Waals surface area contributed by atoms with Gasteiger partial charge in [0, 0.05) is 30.3 Å². The van der Waals surface area contributed by atoms with Gasteiger partial charge in [-0.2, -0.15) is 0 Å². The fourth-order valence-corrected chi connectivity index (χ4v) is 4.71. The Kier molecular flexibility index (Phi) is 6.10. The first-order valence-corrected chi connectivity index (χ1v) is 11.5. The maximum Gasteiger partial charge on any atom is 0.251 e. The highest BCUT2D eigenvalue weighted by atomic mass is 32.2. The molecule has 0 saturated carbocycles. The fraction of sp³-hybridized carbons (Fsp3) is 0.391. The summed E-state index contributed by atoms with van der Waals surface area (Å²) in [4.78, 5) is 25.3. The van der Waals surface area contributed by atoms with Crippen LogP contribution in [-0.2, 0) is 18.3 Å². The van der Waals surface area contributed by atoms with E-state index in [9.17, 15) is 9.59 Å². The summed E-state index contributed by atoms with van der Waals surface area (Å²) in [5, 5.41) is 14.4. The van der Waals surface area contributed by atoms with Crippen molar-refractivity contribution in [1.82, 2.24) is 20.1 Å². The van der Waals surface area contributed by atoms with Crippen molar-refractivity contribution in [3.05, 3.63) is 59.3 Å². The Morgan fingerprint density at radius 2 is 2.12 bits per heavy atom. The second kappa shape index (κ2) is 8.82. The van der Waals surface area contributed by atoms with Crippen LogP contribution in [0.15, 0.2) is 46.2 Å². The highest BCUT2D eigenvalue weighted by molar-refractivity contribution is 7.99. The van der Waals surface area contributed by atoms with Crippen molar-refractivity contribution >= 4 is 29.3 Å². The van der Waals surface area contributed by atoms with Gasteiger partial charge in [0.1, 0.15) is 17.8 Å². The van der Waals surface area contributed by atoms with Crippen LogP contribution in [0.3, 0.4) is 0 Å². The predicted octanol–water partition coefficient (Wildman–Crippen LogP) is 3.89. The van der Waals surface area contributed by atoms with Crippen molar-refractivity contribution in [3.8, 4) is 0 Å². The molecule has 2 aromatic heterocycles. The van der Waals surface area contributed by atoms with Crippen LogP contribution in [-0.4, -0.2) is 32.3 Å². The summed E-state index contributed by atoms with van der Waals surface area (Å²) in [6, 6.07) is 8.87. The maximum atomic E-state index is 13.0. The van der Waals surface area contributed by atoms with Crippen LogP contribution in [0.4, 0.5) is 5.69 Å². The Labute approximate surface area is 191 Å². The van der Waals surface area contributed by atoms with E-state index in [0.29, 0.717) is 16.4 Å². The van der Waals surface area contributed by atoms with Gasteiger partial charge < -0.3 is 19.6 Å². The summed E-state index contributed by atoms with van der Waals surface area (Å²) in [6.45, 7) is 6.29. The number of thioether (sulfide) groups is 1. The number of fused-ring (bicyclic) bond motifs is 1. The first kappa shape index (κ1) is 22.1. The van der Waals surface area contributed by atoms with Gasteiger partial charge in [0.2, 0.25) is 5.91 Å². The lowest BCUT2D eigenvalue weighted by Crippen LogP contribution is -2.36. The molecule has 0 fully saturated rings. The lowest BCUT2D eigenvalue weighted by atomic mass is 9.74. The number of hydrogen-bond donors (Lipinski definition) is 2. The summed E-state index contributed by atoms with van der Waals surface area (Å²) < 4.78 is 7.62. The maximum absolute atomic E-state index is 13.0. The van der Waals surface area contributed by atoms with Crippen molar-refractivity contribution in [1.29, 1.82) is 0 Å². The number of aryl methyl sites for hydroxylation is 2. The topological polar surface area (TPSA) is 102 Å². The number of hydrogen-bond acceptors (Lipinski definition) is 6. The van der Waals surface area contributed by atoms with E-state index in [-0.39, 0.29) is 29.0 Å². The van der Waals surface area contributed by atoms with E-state index in [1.165, 1.54) is 11.8 Å². The van der Waals surface area contributed by atoms with Crippen LogP contribution in [0.5, 0.6) is 0 Å². The molecule has 1 aliphatic carbocycles. The molecule has 2 heterocycles. The third-order valence-corrected chi connectivity index (χ3v) is 6.49. The molecular formula is C23H27N5O3S. The zero-order chi connectivity index (χ0) is 22.9. The van der Waals surface area contributed by atoms with Gasteiger partial charge in [-0.1, -0.05) is 31.7 Å². The van der Waals surface area contributed by atoms with Gasteiger partial charge in [0.25, 0.3) is 5.91 Å². The second-order valence-corrected chi connectivity index (χ2v) is 9.89. The normalized spacial score (nSPS) is 16.9. The van der Waals surface area contributed by atoms with Crippen LogP contribution in [0.1, 0.15) is 53.8 Å². The number of anilines is 1. The number of carbonyl (C=O) groups excluding carboxylic acids is 2. The van der Waals surface area contributed by atoms with E-state index in [4.69, 9.17) is 4.42 Å². The van der Waals surface area contributed by atoms with Crippen LogP contribution in [0.2, 0.25) is 0 Å². The van der Waals surface area contributed by atoms with Crippen LogP contribution >= 0.6 is 11.8 Å². The van der Waals surface area contributed by atoms with Crippen LogP contribution in [0, 0.1) is 12.3 Å². The molecule has 0 radical (unpaired) electrons. The Bertz CT molecular complexity index is 1150. The summed E-state index contributed by atoms with van der Waals surface area (Å²) in [5.41, 5.74) is 2.16. The molecular weight excluding hydrogens is 426 g/mol. The van der Waals surface area contributed by atoms with E-state index < -0.39 is 0 Å². The molecule has 0 aliphatic heterocycles. The molecule has 9 heteroatoms. The van der Waals surface area contributed by atoms with Gasteiger partial charge in [-0.3, -0.25) is 9.59 Å².